The number of nitrogens with zero attached hydrogens (tertiary/aromatic N) is 2. The predicted molar refractivity (Wildman–Crippen MR) is 87.2 cm³/mol. The minimum absolute atomic E-state index is 0.104. The van der Waals surface area contributed by atoms with Crippen molar-refractivity contribution in [2.45, 2.75) is 13.0 Å². The number of rotatable bonds is 7. The smallest absolute Gasteiger partial charge is 0.338 e. The monoisotopic (exact) mass is 356 g/mol. The number of ether oxygens (including phenoxy) is 3. The van der Waals surface area contributed by atoms with Gasteiger partial charge in [0, 0.05) is 6.54 Å². The molecule has 3 rings (SSSR count). The number of hydrogen-bond donors (Lipinski definition) is 0. The van der Waals surface area contributed by atoms with E-state index in [1.165, 1.54) is 23.3 Å². The van der Waals surface area contributed by atoms with Gasteiger partial charge in [-0.05, 0) is 30.3 Å². The Hall–Kier alpha value is -3.47. The molecule has 0 bridgehead atoms. The van der Waals surface area contributed by atoms with Crippen molar-refractivity contribution in [1.82, 2.24) is 4.90 Å². The number of esters is 1. The summed E-state index contributed by atoms with van der Waals surface area (Å²) in [6.45, 7) is 0.0963. The van der Waals surface area contributed by atoms with Gasteiger partial charge in [-0.25, -0.2) is 4.79 Å². The summed E-state index contributed by atoms with van der Waals surface area (Å²) in [5, 5.41) is 8.75. The molecule has 2 aromatic rings. The molecule has 134 valence electrons. The van der Waals surface area contributed by atoms with Crippen molar-refractivity contribution in [3.8, 4) is 17.6 Å². The Kier molecular flexibility index (Phi) is 5.39. The van der Waals surface area contributed by atoms with Gasteiger partial charge in [0.2, 0.25) is 6.79 Å². The first-order valence-corrected chi connectivity index (χ1v) is 7.91. The van der Waals surface area contributed by atoms with Crippen molar-refractivity contribution in [3.05, 3.63) is 47.9 Å². The van der Waals surface area contributed by atoms with Gasteiger partial charge in [0.15, 0.2) is 18.1 Å². The van der Waals surface area contributed by atoms with Gasteiger partial charge in [-0.15, -0.1) is 0 Å². The van der Waals surface area contributed by atoms with Crippen LogP contribution in [-0.4, -0.2) is 36.7 Å². The van der Waals surface area contributed by atoms with E-state index in [4.69, 9.17) is 23.9 Å². The van der Waals surface area contributed by atoms with Crippen LogP contribution in [0.4, 0.5) is 0 Å². The van der Waals surface area contributed by atoms with Crippen molar-refractivity contribution in [2.24, 2.45) is 0 Å². The van der Waals surface area contributed by atoms with Gasteiger partial charge in [-0.2, -0.15) is 5.26 Å². The van der Waals surface area contributed by atoms with Crippen LogP contribution in [0.25, 0.3) is 0 Å². The Morgan fingerprint density at radius 3 is 2.85 bits per heavy atom. The lowest BCUT2D eigenvalue weighted by Gasteiger charge is -2.20. The van der Waals surface area contributed by atoms with Crippen LogP contribution < -0.4 is 9.47 Å². The van der Waals surface area contributed by atoms with Crippen LogP contribution in [0, 0.1) is 11.3 Å². The Morgan fingerprint density at radius 1 is 1.23 bits per heavy atom. The van der Waals surface area contributed by atoms with Gasteiger partial charge >= 0.3 is 5.97 Å². The molecular formula is C18H16N2O6. The minimum atomic E-state index is -0.644. The van der Waals surface area contributed by atoms with Crippen LogP contribution >= 0.6 is 0 Å². The Morgan fingerprint density at radius 2 is 2.08 bits per heavy atom. The summed E-state index contributed by atoms with van der Waals surface area (Å²) in [5.74, 6) is 0.539. The van der Waals surface area contributed by atoms with E-state index >= 15 is 0 Å². The number of carbonyl (C=O) groups excluding carboxylic acids is 2. The van der Waals surface area contributed by atoms with Gasteiger partial charge < -0.3 is 23.5 Å². The lowest BCUT2D eigenvalue weighted by Crippen LogP contribution is -2.34. The quantitative estimate of drug-likeness (QED) is 0.700. The zero-order valence-electron chi connectivity index (χ0n) is 13.8. The SMILES string of the molecule is N#CCCN(Cc1ccco1)C(=O)COC(=O)c1ccc2c(c1)OCO2. The maximum absolute atomic E-state index is 12.4. The van der Waals surface area contributed by atoms with Crippen molar-refractivity contribution in [1.29, 1.82) is 5.26 Å². The van der Waals surface area contributed by atoms with E-state index in [2.05, 4.69) is 0 Å². The van der Waals surface area contributed by atoms with Gasteiger partial charge in [-0.1, -0.05) is 0 Å². The molecule has 8 heteroatoms. The average molecular weight is 356 g/mol. The molecule has 1 aliphatic rings. The van der Waals surface area contributed by atoms with Gasteiger partial charge in [-0.3, -0.25) is 4.79 Å². The molecule has 0 radical (unpaired) electrons. The molecule has 1 aliphatic heterocycles. The highest BCUT2D eigenvalue weighted by molar-refractivity contribution is 5.92. The topological polar surface area (TPSA) is 102 Å². The highest BCUT2D eigenvalue weighted by Gasteiger charge is 2.20. The average Bonchev–Trinajstić information content (AvgIpc) is 3.33. The lowest BCUT2D eigenvalue weighted by atomic mass is 10.2. The van der Waals surface area contributed by atoms with Crippen LogP contribution in [0.2, 0.25) is 0 Å². The molecule has 0 saturated heterocycles. The third-order valence-corrected chi connectivity index (χ3v) is 3.71. The van der Waals surface area contributed by atoms with E-state index < -0.39 is 18.5 Å². The molecular weight excluding hydrogens is 340 g/mol. The van der Waals surface area contributed by atoms with Crippen LogP contribution in [0.15, 0.2) is 41.0 Å². The molecule has 0 fully saturated rings. The number of furan rings is 1. The second-order valence-corrected chi connectivity index (χ2v) is 5.45. The van der Waals surface area contributed by atoms with E-state index in [9.17, 15) is 9.59 Å². The summed E-state index contributed by atoms with van der Waals surface area (Å²) in [6, 6.07) is 10.1. The van der Waals surface area contributed by atoms with Crippen LogP contribution in [0.3, 0.4) is 0 Å². The molecule has 1 amide bonds. The number of amides is 1. The first-order valence-electron chi connectivity index (χ1n) is 7.91. The third-order valence-electron chi connectivity index (χ3n) is 3.71. The van der Waals surface area contributed by atoms with E-state index in [1.807, 2.05) is 6.07 Å². The zero-order valence-corrected chi connectivity index (χ0v) is 13.8. The summed E-state index contributed by atoms with van der Waals surface area (Å²) >= 11 is 0. The maximum atomic E-state index is 12.4. The molecule has 8 nitrogen and oxygen atoms in total. The molecule has 0 atom stereocenters. The van der Waals surface area contributed by atoms with Crippen molar-refractivity contribution < 1.29 is 28.2 Å². The Bertz CT molecular complexity index is 825. The fourth-order valence-corrected chi connectivity index (χ4v) is 2.39. The van der Waals surface area contributed by atoms with Crippen LogP contribution in [0.1, 0.15) is 22.5 Å². The Balaban J connectivity index is 1.58. The van der Waals surface area contributed by atoms with Crippen LogP contribution in [0.5, 0.6) is 11.5 Å². The van der Waals surface area contributed by atoms with E-state index in [0.29, 0.717) is 17.3 Å². The number of hydrogen-bond acceptors (Lipinski definition) is 7. The van der Waals surface area contributed by atoms with Crippen molar-refractivity contribution in [2.75, 3.05) is 19.9 Å². The number of fused-ring (bicyclic) bond motifs is 1. The lowest BCUT2D eigenvalue weighted by molar-refractivity contribution is -0.135. The first-order chi connectivity index (χ1) is 12.7. The molecule has 0 saturated carbocycles. The number of benzene rings is 1. The summed E-state index contributed by atoms with van der Waals surface area (Å²) in [5.41, 5.74) is 0.261. The number of carbonyl (C=O) groups is 2. The fraction of sp³-hybridized carbons (Fsp3) is 0.278. The highest BCUT2D eigenvalue weighted by atomic mass is 16.7. The Labute approximate surface area is 149 Å². The van der Waals surface area contributed by atoms with Crippen molar-refractivity contribution in [3.63, 3.8) is 0 Å². The van der Waals surface area contributed by atoms with Crippen LogP contribution in [-0.2, 0) is 16.1 Å². The fourth-order valence-electron chi connectivity index (χ4n) is 2.39. The summed E-state index contributed by atoms with van der Waals surface area (Å²) < 4.78 is 20.7. The maximum Gasteiger partial charge on any atom is 0.338 e. The second kappa shape index (κ2) is 8.07. The van der Waals surface area contributed by atoms with Crippen molar-refractivity contribution >= 4 is 11.9 Å². The predicted octanol–water partition coefficient (Wildman–Crippen LogP) is 2.11. The second-order valence-electron chi connectivity index (χ2n) is 5.45. The highest BCUT2D eigenvalue weighted by Crippen LogP contribution is 2.32. The summed E-state index contributed by atoms with van der Waals surface area (Å²) in [6.07, 6.45) is 1.67. The largest absolute Gasteiger partial charge is 0.467 e. The zero-order chi connectivity index (χ0) is 18.4. The first kappa shape index (κ1) is 17.4. The molecule has 1 aromatic carbocycles. The molecule has 0 N–H and O–H groups in total. The molecule has 0 unspecified atom stereocenters. The minimum Gasteiger partial charge on any atom is -0.467 e. The van der Waals surface area contributed by atoms with E-state index in [0.717, 1.165) is 0 Å². The standard InChI is InChI=1S/C18H16N2O6/c19-6-2-7-20(10-14-3-1-8-23-14)17(21)11-24-18(22)13-4-5-15-16(9-13)26-12-25-15/h1,3-5,8-9H,2,7,10-12H2. The van der Waals surface area contributed by atoms with Gasteiger partial charge in [0.25, 0.3) is 5.91 Å². The molecule has 1 aromatic heterocycles. The molecule has 0 aliphatic carbocycles. The molecule has 26 heavy (non-hydrogen) atoms. The summed E-state index contributed by atoms with van der Waals surface area (Å²) in [4.78, 5) is 25.9. The van der Waals surface area contributed by atoms with Gasteiger partial charge in [0.1, 0.15) is 5.76 Å². The molecule has 0 spiro atoms. The van der Waals surface area contributed by atoms with E-state index in [-0.39, 0.29) is 31.9 Å². The van der Waals surface area contributed by atoms with E-state index in [1.54, 1.807) is 18.2 Å². The third kappa shape index (κ3) is 4.13. The molecule has 2 heterocycles. The summed E-state index contributed by atoms with van der Waals surface area (Å²) in [7, 11) is 0. The van der Waals surface area contributed by atoms with Gasteiger partial charge in [0.05, 0.1) is 30.9 Å². The number of nitriles is 1. The normalized spacial score (nSPS) is 11.7.